The number of furan rings is 2. The molecule has 5 aromatic heterocycles. The molecule has 0 saturated carbocycles. The summed E-state index contributed by atoms with van der Waals surface area (Å²) in [7, 11) is 0. The lowest BCUT2D eigenvalue weighted by Gasteiger charge is -2.15. The summed E-state index contributed by atoms with van der Waals surface area (Å²) in [5, 5.41) is 6.23. The Balaban J connectivity index is 1.24. The van der Waals surface area contributed by atoms with E-state index in [0.717, 1.165) is 71.7 Å². The molecule has 0 bridgehead atoms. The van der Waals surface area contributed by atoms with Gasteiger partial charge in [-0.15, -0.1) is 0 Å². The minimum absolute atomic E-state index is 0.543. The predicted molar refractivity (Wildman–Crippen MR) is 203 cm³/mol. The maximum Gasteiger partial charge on any atom is 0.166 e. The summed E-state index contributed by atoms with van der Waals surface area (Å²) in [4.78, 5) is 20.1. The van der Waals surface area contributed by atoms with Crippen molar-refractivity contribution < 1.29 is 8.83 Å². The van der Waals surface area contributed by atoms with E-state index in [4.69, 9.17) is 23.8 Å². The third kappa shape index (κ3) is 4.12. The first-order valence-corrected chi connectivity index (χ1v) is 16.8. The third-order valence-electron chi connectivity index (χ3n) is 9.79. The minimum atomic E-state index is 0.543. The second-order valence-corrected chi connectivity index (χ2v) is 12.6. The minimum Gasteiger partial charge on any atom is -0.456 e. The molecule has 11 aromatic rings. The maximum absolute atomic E-state index is 6.30. The van der Waals surface area contributed by atoms with Crippen molar-refractivity contribution in [2.45, 2.75) is 0 Å². The molecule has 5 heterocycles. The van der Waals surface area contributed by atoms with E-state index in [1.807, 2.05) is 60.7 Å². The first-order valence-electron chi connectivity index (χ1n) is 16.8. The Kier molecular flexibility index (Phi) is 5.83. The lowest BCUT2D eigenvalue weighted by molar-refractivity contribution is 0.667. The number of aromatic nitrogens is 5. The molecule has 0 aliphatic heterocycles. The number of hydrogen-bond acceptors (Lipinski definition) is 6. The van der Waals surface area contributed by atoms with Gasteiger partial charge in [-0.25, -0.2) is 15.0 Å². The summed E-state index contributed by atoms with van der Waals surface area (Å²) >= 11 is 0. The van der Waals surface area contributed by atoms with E-state index in [9.17, 15) is 0 Å². The Labute approximate surface area is 290 Å². The van der Waals surface area contributed by atoms with Crippen LogP contribution in [0.3, 0.4) is 0 Å². The highest BCUT2D eigenvalue weighted by molar-refractivity contribution is 6.13. The highest BCUT2D eigenvalue weighted by atomic mass is 16.3. The van der Waals surface area contributed by atoms with Gasteiger partial charge < -0.3 is 13.4 Å². The van der Waals surface area contributed by atoms with Gasteiger partial charge >= 0.3 is 0 Å². The number of nitrogens with zero attached hydrogens (tertiary/aromatic N) is 5. The summed E-state index contributed by atoms with van der Waals surface area (Å²) in [6, 6.07) is 47.5. The molecule has 0 saturated heterocycles. The topological polar surface area (TPSA) is 82.8 Å². The third-order valence-corrected chi connectivity index (χ3v) is 9.79. The van der Waals surface area contributed by atoms with E-state index >= 15 is 0 Å². The van der Waals surface area contributed by atoms with Gasteiger partial charge in [0, 0.05) is 55.2 Å². The van der Waals surface area contributed by atoms with Crippen molar-refractivity contribution in [1.82, 2.24) is 24.5 Å². The highest BCUT2D eigenvalue weighted by Gasteiger charge is 2.22. The van der Waals surface area contributed by atoms with E-state index in [1.165, 1.54) is 10.8 Å². The van der Waals surface area contributed by atoms with Crippen LogP contribution in [0.25, 0.3) is 106 Å². The molecule has 0 amide bonds. The van der Waals surface area contributed by atoms with Gasteiger partial charge in [0.1, 0.15) is 16.7 Å². The first-order chi connectivity index (χ1) is 25.3. The Morgan fingerprint density at radius 1 is 0.392 bits per heavy atom. The van der Waals surface area contributed by atoms with Crippen LogP contribution in [0.15, 0.2) is 161 Å². The fourth-order valence-corrected chi connectivity index (χ4v) is 7.60. The molecular weight excluding hydrogens is 631 g/mol. The molecule has 0 spiro atoms. The molecule has 51 heavy (non-hydrogen) atoms. The van der Waals surface area contributed by atoms with Crippen LogP contribution in [-0.4, -0.2) is 24.5 Å². The summed E-state index contributed by atoms with van der Waals surface area (Å²) in [5.74, 6) is 1.65. The average molecular weight is 656 g/mol. The SMILES string of the molecule is c1ccc(-n2c3ccccc3c3ccccc32)c(-c2nc(-c3cccc4oc5ccccc5c34)nc(-c3cccc4oc5cnccc5c34)n2)c1. The van der Waals surface area contributed by atoms with Crippen LogP contribution in [0, 0.1) is 0 Å². The monoisotopic (exact) mass is 655 g/mol. The molecule has 7 nitrogen and oxygen atoms in total. The van der Waals surface area contributed by atoms with Gasteiger partial charge in [-0.2, -0.15) is 0 Å². The molecule has 11 rings (SSSR count). The second-order valence-electron chi connectivity index (χ2n) is 12.6. The van der Waals surface area contributed by atoms with Crippen molar-refractivity contribution in [3.63, 3.8) is 0 Å². The Bertz CT molecular complexity index is 2980. The van der Waals surface area contributed by atoms with Crippen molar-refractivity contribution in [2.75, 3.05) is 0 Å². The molecule has 0 unspecified atom stereocenters. The van der Waals surface area contributed by atoms with Gasteiger partial charge in [0.2, 0.25) is 0 Å². The first kappa shape index (κ1) is 27.8. The number of benzene rings is 6. The molecule has 0 N–H and O–H groups in total. The normalized spacial score (nSPS) is 11.9. The smallest absolute Gasteiger partial charge is 0.166 e. The number of hydrogen-bond donors (Lipinski definition) is 0. The Morgan fingerprint density at radius 3 is 1.57 bits per heavy atom. The quantitative estimate of drug-likeness (QED) is 0.188. The summed E-state index contributed by atoms with van der Waals surface area (Å²) in [5.41, 5.74) is 8.83. The molecule has 0 radical (unpaired) electrons. The van der Waals surface area contributed by atoms with E-state index in [2.05, 4.69) is 88.4 Å². The van der Waals surface area contributed by atoms with Gasteiger partial charge in [0.15, 0.2) is 23.1 Å². The molecule has 0 atom stereocenters. The van der Waals surface area contributed by atoms with Gasteiger partial charge in [-0.1, -0.05) is 91.0 Å². The molecule has 0 aliphatic carbocycles. The van der Waals surface area contributed by atoms with Gasteiger partial charge in [-0.05, 0) is 48.5 Å². The van der Waals surface area contributed by atoms with Crippen molar-refractivity contribution >= 4 is 65.7 Å². The number of fused-ring (bicyclic) bond motifs is 9. The van der Waals surface area contributed by atoms with Gasteiger partial charge in [-0.3, -0.25) is 4.98 Å². The lowest BCUT2D eigenvalue weighted by Crippen LogP contribution is -2.04. The van der Waals surface area contributed by atoms with E-state index in [-0.39, 0.29) is 0 Å². The lowest BCUT2D eigenvalue weighted by atomic mass is 10.0. The van der Waals surface area contributed by atoms with Gasteiger partial charge in [0.25, 0.3) is 0 Å². The van der Waals surface area contributed by atoms with Gasteiger partial charge in [0.05, 0.1) is 22.9 Å². The number of rotatable bonds is 4. The molecular formula is C44H25N5O2. The second kappa shape index (κ2) is 10.7. The van der Waals surface area contributed by atoms with Crippen LogP contribution in [0.5, 0.6) is 0 Å². The van der Waals surface area contributed by atoms with E-state index < -0.39 is 0 Å². The molecule has 238 valence electrons. The number of para-hydroxylation sites is 4. The van der Waals surface area contributed by atoms with Crippen LogP contribution in [0.2, 0.25) is 0 Å². The number of pyridine rings is 1. The summed E-state index contributed by atoms with van der Waals surface area (Å²) in [6.07, 6.45) is 3.53. The molecule has 7 heteroatoms. The molecule has 0 aliphatic rings. The van der Waals surface area contributed by atoms with Crippen molar-refractivity contribution in [3.8, 4) is 39.9 Å². The van der Waals surface area contributed by atoms with Crippen LogP contribution in [0.4, 0.5) is 0 Å². The predicted octanol–water partition coefficient (Wildman–Crippen LogP) is 11.2. The van der Waals surface area contributed by atoms with Crippen LogP contribution >= 0.6 is 0 Å². The Morgan fingerprint density at radius 2 is 0.882 bits per heavy atom. The summed E-state index contributed by atoms with van der Waals surface area (Å²) in [6.45, 7) is 0. The maximum atomic E-state index is 6.30. The van der Waals surface area contributed by atoms with Crippen LogP contribution in [0.1, 0.15) is 0 Å². The fraction of sp³-hybridized carbons (Fsp3) is 0. The van der Waals surface area contributed by atoms with Crippen LogP contribution < -0.4 is 0 Å². The van der Waals surface area contributed by atoms with E-state index in [1.54, 1.807) is 12.4 Å². The molecule has 0 fully saturated rings. The van der Waals surface area contributed by atoms with Crippen molar-refractivity contribution in [1.29, 1.82) is 0 Å². The largest absolute Gasteiger partial charge is 0.456 e. The van der Waals surface area contributed by atoms with Crippen LogP contribution in [-0.2, 0) is 0 Å². The van der Waals surface area contributed by atoms with Crippen molar-refractivity contribution in [3.05, 3.63) is 152 Å². The zero-order valence-corrected chi connectivity index (χ0v) is 27.0. The average Bonchev–Trinajstić information content (AvgIpc) is 3.87. The fourth-order valence-electron chi connectivity index (χ4n) is 7.60. The van der Waals surface area contributed by atoms with E-state index in [0.29, 0.717) is 23.1 Å². The zero-order valence-electron chi connectivity index (χ0n) is 27.0. The standard InChI is InChI=1S/C44H25N5O2/c1-5-17-33-26(11-1)27-12-2-6-18-34(27)49(33)35-19-7-3-13-28(35)42-46-43(31-15-9-21-37-40(31)29-14-4-8-20-36(29)50-37)48-44(47-42)32-16-10-22-38-41(32)30-23-24-45-25-39(30)51-38/h1-25H. The zero-order chi connectivity index (χ0) is 33.5. The van der Waals surface area contributed by atoms with Crippen molar-refractivity contribution in [2.24, 2.45) is 0 Å². The summed E-state index contributed by atoms with van der Waals surface area (Å²) < 4.78 is 14.8. The molecule has 6 aromatic carbocycles. The highest BCUT2D eigenvalue weighted by Crippen LogP contribution is 2.40. The Hall–Kier alpha value is -7.12.